The molecule has 1 amide bonds. The zero-order chi connectivity index (χ0) is 24.3. The molecule has 3 aromatic rings. The molecule has 4 rings (SSSR count). The molecular formula is C28H28N2O4. The van der Waals surface area contributed by atoms with Gasteiger partial charge in [-0.2, -0.15) is 0 Å². The van der Waals surface area contributed by atoms with E-state index in [0.29, 0.717) is 22.6 Å². The van der Waals surface area contributed by atoms with Gasteiger partial charge >= 0.3 is 0 Å². The average Bonchev–Trinajstić information content (AvgIpc) is 2.83. The fourth-order valence-electron chi connectivity index (χ4n) is 4.10. The number of hydrogen-bond acceptors (Lipinski definition) is 5. The minimum atomic E-state index is -0.279. The second-order valence-electron chi connectivity index (χ2n) is 8.86. The number of ether oxygens (including phenoxy) is 2. The summed E-state index contributed by atoms with van der Waals surface area (Å²) in [5, 5.41) is 6.32. The lowest BCUT2D eigenvalue weighted by Gasteiger charge is -2.35. The summed E-state index contributed by atoms with van der Waals surface area (Å²) in [6.07, 6.45) is 2.46. The van der Waals surface area contributed by atoms with Crippen LogP contribution in [-0.4, -0.2) is 31.4 Å². The van der Waals surface area contributed by atoms with Gasteiger partial charge in [0.2, 0.25) is 0 Å². The number of hydrogen-bond donors (Lipinski definition) is 2. The normalized spacial score (nSPS) is 15.1. The van der Waals surface area contributed by atoms with Crippen LogP contribution in [0.4, 0.5) is 5.69 Å². The molecule has 2 N–H and O–H groups in total. The second-order valence-corrected chi connectivity index (χ2v) is 8.86. The van der Waals surface area contributed by atoms with Crippen LogP contribution in [0.5, 0.6) is 11.5 Å². The maximum atomic E-state index is 13.1. The summed E-state index contributed by atoms with van der Waals surface area (Å²) in [5.74, 6) is 0.891. The standard InChI is InChI=1S/C28H28N2O4/c1-28(2)17-20-13-14-21(33-3)15-22(20)24(30-28)16-25(31)18-9-11-19(12-10-18)27(32)29-23-7-5-6-8-26(23)34-4/h5-16,30H,17H2,1-4H3,(H,29,32)/b24-16-. The third-order valence-electron chi connectivity index (χ3n) is 5.77. The average molecular weight is 457 g/mol. The number of amides is 1. The molecule has 0 spiro atoms. The summed E-state index contributed by atoms with van der Waals surface area (Å²) in [4.78, 5) is 25.7. The minimum absolute atomic E-state index is 0.148. The highest BCUT2D eigenvalue weighted by Crippen LogP contribution is 2.32. The number of fused-ring (bicyclic) bond motifs is 1. The lowest BCUT2D eigenvalue weighted by atomic mass is 9.85. The Morgan fingerprint density at radius 2 is 1.65 bits per heavy atom. The van der Waals surface area contributed by atoms with Crippen LogP contribution >= 0.6 is 0 Å². The predicted octanol–water partition coefficient (Wildman–Crippen LogP) is 5.10. The zero-order valence-corrected chi connectivity index (χ0v) is 19.8. The van der Waals surface area contributed by atoms with Crippen molar-refractivity contribution in [2.24, 2.45) is 0 Å². The number of anilines is 1. The fraction of sp³-hybridized carbons (Fsp3) is 0.214. The quantitative estimate of drug-likeness (QED) is 0.398. The van der Waals surface area contributed by atoms with Crippen LogP contribution in [0.2, 0.25) is 0 Å². The molecule has 0 radical (unpaired) electrons. The number of carbonyl (C=O) groups excluding carboxylic acids is 2. The van der Waals surface area contributed by atoms with Gasteiger partial charge in [-0.15, -0.1) is 0 Å². The highest BCUT2D eigenvalue weighted by molar-refractivity contribution is 6.10. The van der Waals surface area contributed by atoms with Gasteiger partial charge in [-0.05, 0) is 62.2 Å². The molecule has 0 saturated heterocycles. The summed E-state index contributed by atoms with van der Waals surface area (Å²) in [5.41, 5.74) is 4.21. The topological polar surface area (TPSA) is 76.7 Å². The van der Waals surface area contributed by atoms with Crippen LogP contribution < -0.4 is 20.1 Å². The highest BCUT2D eigenvalue weighted by atomic mass is 16.5. The number of para-hydroxylation sites is 2. The van der Waals surface area contributed by atoms with Gasteiger partial charge in [0.15, 0.2) is 5.78 Å². The molecule has 1 aliphatic heterocycles. The Balaban J connectivity index is 1.56. The van der Waals surface area contributed by atoms with Crippen molar-refractivity contribution in [3.05, 3.63) is 95.1 Å². The van der Waals surface area contributed by atoms with E-state index in [4.69, 9.17) is 9.47 Å². The van der Waals surface area contributed by atoms with Crippen molar-refractivity contribution >= 4 is 23.1 Å². The van der Waals surface area contributed by atoms with Gasteiger partial charge in [0, 0.05) is 34.0 Å². The summed E-state index contributed by atoms with van der Waals surface area (Å²) >= 11 is 0. The first-order chi connectivity index (χ1) is 16.3. The zero-order valence-electron chi connectivity index (χ0n) is 19.8. The van der Waals surface area contributed by atoms with E-state index in [9.17, 15) is 9.59 Å². The van der Waals surface area contributed by atoms with Crippen molar-refractivity contribution in [3.63, 3.8) is 0 Å². The summed E-state index contributed by atoms with van der Waals surface area (Å²) in [6, 6.07) is 19.7. The van der Waals surface area contributed by atoms with E-state index in [-0.39, 0.29) is 17.2 Å². The first-order valence-electron chi connectivity index (χ1n) is 11.1. The van der Waals surface area contributed by atoms with Crippen molar-refractivity contribution in [1.82, 2.24) is 5.32 Å². The molecule has 1 heterocycles. The molecule has 0 unspecified atom stereocenters. The second kappa shape index (κ2) is 9.43. The van der Waals surface area contributed by atoms with E-state index in [0.717, 1.165) is 29.0 Å². The van der Waals surface area contributed by atoms with Gasteiger partial charge in [0.1, 0.15) is 11.5 Å². The number of methoxy groups -OCH3 is 2. The van der Waals surface area contributed by atoms with Gasteiger partial charge in [-0.25, -0.2) is 0 Å². The van der Waals surface area contributed by atoms with Gasteiger partial charge in [-0.3, -0.25) is 9.59 Å². The molecule has 3 aromatic carbocycles. The van der Waals surface area contributed by atoms with E-state index in [1.54, 1.807) is 56.7 Å². The van der Waals surface area contributed by atoms with Gasteiger partial charge in [0.05, 0.1) is 19.9 Å². The maximum absolute atomic E-state index is 13.1. The maximum Gasteiger partial charge on any atom is 0.255 e. The van der Waals surface area contributed by atoms with Crippen LogP contribution in [0.3, 0.4) is 0 Å². The predicted molar refractivity (Wildman–Crippen MR) is 134 cm³/mol. The number of carbonyl (C=O) groups is 2. The summed E-state index contributed by atoms with van der Waals surface area (Å²) < 4.78 is 10.7. The van der Waals surface area contributed by atoms with Crippen LogP contribution in [0.15, 0.2) is 72.8 Å². The Bertz CT molecular complexity index is 1260. The van der Waals surface area contributed by atoms with Crippen LogP contribution in [0.1, 0.15) is 45.7 Å². The first-order valence-corrected chi connectivity index (χ1v) is 11.1. The molecule has 0 atom stereocenters. The van der Waals surface area contributed by atoms with Gasteiger partial charge in [-0.1, -0.05) is 30.3 Å². The fourth-order valence-corrected chi connectivity index (χ4v) is 4.10. The summed E-state index contributed by atoms with van der Waals surface area (Å²) in [6.45, 7) is 4.21. The molecule has 174 valence electrons. The number of ketones is 1. The van der Waals surface area contributed by atoms with E-state index < -0.39 is 0 Å². The van der Waals surface area contributed by atoms with Crippen molar-refractivity contribution < 1.29 is 19.1 Å². The van der Waals surface area contributed by atoms with E-state index >= 15 is 0 Å². The molecule has 0 fully saturated rings. The Labute approximate surface area is 199 Å². The van der Waals surface area contributed by atoms with E-state index in [1.807, 2.05) is 30.3 Å². The van der Waals surface area contributed by atoms with Crippen molar-refractivity contribution in [1.29, 1.82) is 0 Å². The number of allylic oxidation sites excluding steroid dienone is 1. The molecule has 34 heavy (non-hydrogen) atoms. The van der Waals surface area contributed by atoms with Crippen LogP contribution in [0.25, 0.3) is 5.70 Å². The molecule has 0 saturated carbocycles. The summed E-state index contributed by atoms with van der Waals surface area (Å²) in [7, 11) is 3.18. The lowest BCUT2D eigenvalue weighted by molar-refractivity contribution is 0.102. The van der Waals surface area contributed by atoms with E-state index in [2.05, 4.69) is 24.5 Å². The monoisotopic (exact) mass is 456 g/mol. The van der Waals surface area contributed by atoms with Gasteiger partial charge < -0.3 is 20.1 Å². The van der Waals surface area contributed by atoms with E-state index in [1.165, 1.54) is 0 Å². The molecule has 6 heteroatoms. The Morgan fingerprint density at radius 3 is 2.35 bits per heavy atom. The number of rotatable bonds is 6. The largest absolute Gasteiger partial charge is 0.497 e. The SMILES string of the molecule is COc1ccc2c(c1)/C(=C/C(=O)c1ccc(C(=O)Nc3ccccc3OC)cc1)NC(C)(C)C2. The van der Waals surface area contributed by atoms with Crippen LogP contribution in [0, 0.1) is 0 Å². The van der Waals surface area contributed by atoms with Crippen molar-refractivity contribution in [2.75, 3.05) is 19.5 Å². The Hall–Kier alpha value is -4.06. The highest BCUT2D eigenvalue weighted by Gasteiger charge is 2.28. The minimum Gasteiger partial charge on any atom is -0.497 e. The van der Waals surface area contributed by atoms with Gasteiger partial charge in [0.25, 0.3) is 5.91 Å². The number of benzene rings is 3. The molecule has 0 aliphatic carbocycles. The Kier molecular flexibility index (Phi) is 6.41. The van der Waals surface area contributed by atoms with Crippen LogP contribution in [-0.2, 0) is 6.42 Å². The Morgan fingerprint density at radius 1 is 0.941 bits per heavy atom. The third kappa shape index (κ3) is 4.96. The molecule has 0 aromatic heterocycles. The molecule has 1 aliphatic rings. The molecular weight excluding hydrogens is 428 g/mol. The number of nitrogens with one attached hydrogen (secondary N) is 2. The lowest BCUT2D eigenvalue weighted by Crippen LogP contribution is -2.43. The van der Waals surface area contributed by atoms with Crippen molar-refractivity contribution in [2.45, 2.75) is 25.8 Å². The smallest absolute Gasteiger partial charge is 0.255 e. The molecule has 0 bridgehead atoms. The first kappa shape index (κ1) is 23.1. The molecule has 6 nitrogen and oxygen atoms in total. The third-order valence-corrected chi connectivity index (χ3v) is 5.77. The van der Waals surface area contributed by atoms with Crippen molar-refractivity contribution in [3.8, 4) is 11.5 Å².